The van der Waals surface area contributed by atoms with Gasteiger partial charge >= 0.3 is 0 Å². The molecule has 4 heteroatoms. The van der Waals surface area contributed by atoms with Crippen LogP contribution in [0.15, 0.2) is 46.4 Å². The van der Waals surface area contributed by atoms with Gasteiger partial charge in [-0.25, -0.2) is 0 Å². The molecule has 0 amide bonds. The van der Waals surface area contributed by atoms with Crippen molar-refractivity contribution in [2.75, 3.05) is 0 Å². The molecule has 0 saturated carbocycles. The van der Waals surface area contributed by atoms with Crippen LogP contribution in [0.3, 0.4) is 0 Å². The minimum atomic E-state index is 0.0791. The predicted octanol–water partition coefficient (Wildman–Crippen LogP) is 3.55. The molecule has 0 radical (unpaired) electrons. The quantitative estimate of drug-likeness (QED) is 0.564. The lowest BCUT2D eigenvalue weighted by Crippen LogP contribution is -2.29. The third-order valence-electron chi connectivity index (χ3n) is 3.34. The number of hydrazine groups is 1. The number of benzene rings is 1. The average Bonchev–Trinajstić information content (AvgIpc) is 3.03. The summed E-state index contributed by atoms with van der Waals surface area (Å²) >= 11 is 1.77. The maximum atomic E-state index is 5.69. The van der Waals surface area contributed by atoms with E-state index in [0.717, 1.165) is 17.7 Å². The molecule has 0 aliphatic rings. The number of furan rings is 1. The fourth-order valence-electron chi connectivity index (χ4n) is 2.33. The zero-order valence-electron chi connectivity index (χ0n) is 10.7. The first-order chi connectivity index (χ1) is 9.28. The minimum Gasteiger partial charge on any atom is -0.469 e. The number of nitrogens with one attached hydrogen (secondary N) is 1. The summed E-state index contributed by atoms with van der Waals surface area (Å²) in [7, 11) is 0. The Morgan fingerprint density at radius 1 is 1.37 bits per heavy atom. The van der Waals surface area contributed by atoms with Gasteiger partial charge in [-0.3, -0.25) is 11.3 Å². The molecule has 1 atom stereocenters. The molecule has 0 aliphatic heterocycles. The van der Waals surface area contributed by atoms with Crippen molar-refractivity contribution in [3.05, 3.63) is 58.9 Å². The monoisotopic (exact) mass is 272 g/mol. The Kier molecular flexibility index (Phi) is 3.38. The van der Waals surface area contributed by atoms with Crippen molar-refractivity contribution in [1.29, 1.82) is 0 Å². The van der Waals surface area contributed by atoms with Crippen molar-refractivity contribution in [3.8, 4) is 0 Å². The van der Waals surface area contributed by atoms with Crippen LogP contribution in [0.4, 0.5) is 0 Å². The van der Waals surface area contributed by atoms with Crippen LogP contribution in [-0.4, -0.2) is 0 Å². The molecular formula is C15H16N2OS. The van der Waals surface area contributed by atoms with Gasteiger partial charge in [0.1, 0.15) is 5.76 Å². The third-order valence-corrected chi connectivity index (χ3v) is 4.35. The SMILES string of the molecule is Cc1cc(C(Cc2csc3ccccc23)NN)co1. The van der Waals surface area contributed by atoms with E-state index in [0.29, 0.717) is 0 Å². The summed E-state index contributed by atoms with van der Waals surface area (Å²) in [4.78, 5) is 0. The number of hydrogen-bond acceptors (Lipinski definition) is 4. The van der Waals surface area contributed by atoms with Crippen LogP contribution in [0.5, 0.6) is 0 Å². The van der Waals surface area contributed by atoms with Gasteiger partial charge < -0.3 is 4.42 Å². The molecular weight excluding hydrogens is 256 g/mol. The molecule has 1 unspecified atom stereocenters. The summed E-state index contributed by atoms with van der Waals surface area (Å²) in [6, 6.07) is 10.6. The van der Waals surface area contributed by atoms with Crippen LogP contribution >= 0.6 is 11.3 Å². The Morgan fingerprint density at radius 3 is 2.95 bits per heavy atom. The highest BCUT2D eigenvalue weighted by atomic mass is 32.1. The summed E-state index contributed by atoms with van der Waals surface area (Å²) in [6.45, 7) is 1.94. The Morgan fingerprint density at radius 2 is 2.21 bits per heavy atom. The van der Waals surface area contributed by atoms with Gasteiger partial charge in [-0.05, 0) is 41.8 Å². The van der Waals surface area contributed by atoms with Crippen molar-refractivity contribution in [2.45, 2.75) is 19.4 Å². The van der Waals surface area contributed by atoms with E-state index in [-0.39, 0.29) is 6.04 Å². The van der Waals surface area contributed by atoms with Crippen LogP contribution in [0.1, 0.15) is 22.9 Å². The van der Waals surface area contributed by atoms with Gasteiger partial charge in [-0.15, -0.1) is 11.3 Å². The minimum absolute atomic E-state index is 0.0791. The van der Waals surface area contributed by atoms with Crippen molar-refractivity contribution in [2.24, 2.45) is 5.84 Å². The zero-order valence-corrected chi connectivity index (χ0v) is 11.5. The molecule has 0 aliphatic carbocycles. The lowest BCUT2D eigenvalue weighted by atomic mass is 10.0. The Hall–Kier alpha value is -1.62. The van der Waals surface area contributed by atoms with E-state index in [2.05, 4.69) is 35.1 Å². The molecule has 0 spiro atoms. The normalized spacial score (nSPS) is 12.9. The van der Waals surface area contributed by atoms with E-state index in [1.54, 1.807) is 17.6 Å². The van der Waals surface area contributed by atoms with Gasteiger partial charge in [0.05, 0.1) is 12.3 Å². The molecule has 3 rings (SSSR count). The van der Waals surface area contributed by atoms with E-state index in [1.165, 1.54) is 15.6 Å². The summed E-state index contributed by atoms with van der Waals surface area (Å²) < 4.78 is 6.68. The van der Waals surface area contributed by atoms with Crippen molar-refractivity contribution in [1.82, 2.24) is 5.43 Å². The Balaban J connectivity index is 1.90. The van der Waals surface area contributed by atoms with Gasteiger partial charge in [-0.1, -0.05) is 18.2 Å². The number of fused-ring (bicyclic) bond motifs is 1. The second-order valence-electron chi connectivity index (χ2n) is 4.67. The Bertz CT molecular complexity index is 686. The predicted molar refractivity (Wildman–Crippen MR) is 79.0 cm³/mol. The van der Waals surface area contributed by atoms with E-state index < -0.39 is 0 Å². The lowest BCUT2D eigenvalue weighted by Gasteiger charge is -2.13. The summed E-state index contributed by atoms with van der Waals surface area (Å²) in [5.74, 6) is 6.59. The Labute approximate surface area is 116 Å². The fraction of sp³-hybridized carbons (Fsp3) is 0.200. The van der Waals surface area contributed by atoms with Crippen LogP contribution in [-0.2, 0) is 6.42 Å². The van der Waals surface area contributed by atoms with Crippen LogP contribution in [0, 0.1) is 6.92 Å². The van der Waals surface area contributed by atoms with Crippen LogP contribution in [0.2, 0.25) is 0 Å². The molecule has 19 heavy (non-hydrogen) atoms. The highest BCUT2D eigenvalue weighted by Crippen LogP contribution is 2.29. The van der Waals surface area contributed by atoms with Crippen molar-refractivity contribution in [3.63, 3.8) is 0 Å². The fourth-order valence-corrected chi connectivity index (χ4v) is 3.31. The maximum absolute atomic E-state index is 5.69. The number of rotatable bonds is 4. The molecule has 0 saturated heterocycles. The molecule has 1 aromatic carbocycles. The van der Waals surface area contributed by atoms with Gasteiger partial charge in [0.15, 0.2) is 0 Å². The van der Waals surface area contributed by atoms with Crippen LogP contribution < -0.4 is 11.3 Å². The smallest absolute Gasteiger partial charge is 0.101 e. The molecule has 3 N–H and O–H groups in total. The highest BCUT2D eigenvalue weighted by molar-refractivity contribution is 7.17. The van der Waals surface area contributed by atoms with Crippen molar-refractivity contribution < 1.29 is 4.42 Å². The number of thiophene rings is 1. The second-order valence-corrected chi connectivity index (χ2v) is 5.58. The topological polar surface area (TPSA) is 51.2 Å². The highest BCUT2D eigenvalue weighted by Gasteiger charge is 2.15. The molecule has 2 aromatic heterocycles. The molecule has 3 nitrogen and oxygen atoms in total. The van der Waals surface area contributed by atoms with Gasteiger partial charge in [0, 0.05) is 10.3 Å². The average molecular weight is 272 g/mol. The standard InChI is InChI=1S/C15H16N2OS/c1-10-6-11(8-18-10)14(17-16)7-12-9-19-15-5-3-2-4-13(12)15/h2-6,8-9,14,17H,7,16H2,1H3. The summed E-state index contributed by atoms with van der Waals surface area (Å²) in [5.41, 5.74) is 5.29. The van der Waals surface area contributed by atoms with E-state index in [1.807, 2.05) is 13.0 Å². The molecule has 2 heterocycles. The molecule has 0 fully saturated rings. The lowest BCUT2D eigenvalue weighted by molar-refractivity contribution is 0.512. The zero-order chi connectivity index (χ0) is 13.2. The first kappa shape index (κ1) is 12.4. The third kappa shape index (κ3) is 2.42. The first-order valence-electron chi connectivity index (χ1n) is 6.24. The van der Waals surface area contributed by atoms with Crippen LogP contribution in [0.25, 0.3) is 10.1 Å². The molecule has 0 bridgehead atoms. The molecule has 3 aromatic rings. The first-order valence-corrected chi connectivity index (χ1v) is 7.12. The maximum Gasteiger partial charge on any atom is 0.101 e. The largest absolute Gasteiger partial charge is 0.469 e. The number of aryl methyl sites for hydroxylation is 1. The van der Waals surface area contributed by atoms with Crippen molar-refractivity contribution >= 4 is 21.4 Å². The molecule has 98 valence electrons. The second kappa shape index (κ2) is 5.17. The van der Waals surface area contributed by atoms with Gasteiger partial charge in [0.25, 0.3) is 0 Å². The van der Waals surface area contributed by atoms with Gasteiger partial charge in [-0.2, -0.15) is 0 Å². The van der Waals surface area contributed by atoms with E-state index in [9.17, 15) is 0 Å². The number of hydrogen-bond donors (Lipinski definition) is 2. The summed E-state index contributed by atoms with van der Waals surface area (Å²) in [5, 5.41) is 3.52. The van der Waals surface area contributed by atoms with Gasteiger partial charge in [0.2, 0.25) is 0 Å². The number of nitrogens with two attached hydrogens (primary N) is 1. The van der Waals surface area contributed by atoms with E-state index in [4.69, 9.17) is 10.3 Å². The summed E-state index contributed by atoms with van der Waals surface area (Å²) in [6.07, 6.45) is 2.63. The van der Waals surface area contributed by atoms with E-state index >= 15 is 0 Å².